The van der Waals surface area contributed by atoms with E-state index in [1.54, 1.807) is 11.1 Å². The molecule has 5 aromatic rings. The van der Waals surface area contributed by atoms with Gasteiger partial charge in [0.05, 0.1) is 0 Å². The minimum atomic E-state index is 0. The van der Waals surface area contributed by atoms with Crippen LogP contribution in [0.3, 0.4) is 0 Å². The summed E-state index contributed by atoms with van der Waals surface area (Å²) in [5.74, 6) is 0.654. The second kappa shape index (κ2) is 19.8. The fraction of sp³-hybridized carbons (Fsp3) is 0.250. The van der Waals surface area contributed by atoms with Crippen molar-refractivity contribution in [3.63, 3.8) is 0 Å². The third kappa shape index (κ3) is 10.3. The summed E-state index contributed by atoms with van der Waals surface area (Å²) >= 11 is 1.46. The van der Waals surface area contributed by atoms with Gasteiger partial charge in [0.1, 0.15) is 0 Å². The molecule has 0 aromatic heterocycles. The van der Waals surface area contributed by atoms with Gasteiger partial charge in [-0.2, -0.15) is 11.1 Å². The number of hydrogen-bond acceptors (Lipinski definition) is 0. The van der Waals surface area contributed by atoms with E-state index in [-0.39, 0.29) is 24.8 Å². The second-order valence-corrected chi connectivity index (χ2v) is 11.9. The Balaban J connectivity index is 0.000000220. The van der Waals surface area contributed by atoms with E-state index in [0.29, 0.717) is 5.92 Å². The van der Waals surface area contributed by atoms with Crippen molar-refractivity contribution in [1.29, 1.82) is 0 Å². The Morgan fingerprint density at radius 3 is 1.56 bits per heavy atom. The van der Waals surface area contributed by atoms with Crippen molar-refractivity contribution in [2.24, 2.45) is 5.92 Å². The van der Waals surface area contributed by atoms with Crippen LogP contribution in [0.5, 0.6) is 0 Å². The van der Waals surface area contributed by atoms with Gasteiger partial charge in [0, 0.05) is 0 Å². The fourth-order valence-corrected chi connectivity index (χ4v) is 6.37. The first-order valence-electron chi connectivity index (χ1n) is 15.2. The predicted octanol–water partition coefficient (Wildman–Crippen LogP) is 5.19. The van der Waals surface area contributed by atoms with Gasteiger partial charge in [-0.25, -0.2) is 6.08 Å². The molecule has 1 atom stereocenters. The number of benzene rings is 4. The molecule has 0 radical (unpaired) electrons. The zero-order chi connectivity index (χ0) is 28.9. The summed E-state index contributed by atoms with van der Waals surface area (Å²) < 4.78 is 1.42. The van der Waals surface area contributed by atoms with Gasteiger partial charge >= 0.3 is 99.2 Å². The first-order valence-corrected chi connectivity index (χ1v) is 16.4. The van der Waals surface area contributed by atoms with Crippen LogP contribution in [0, 0.1) is 12.0 Å². The van der Waals surface area contributed by atoms with Crippen molar-refractivity contribution in [2.75, 3.05) is 0 Å². The minimum Gasteiger partial charge on any atom is -0.126 e. The van der Waals surface area contributed by atoms with E-state index in [0.717, 1.165) is 0 Å². The maximum Gasteiger partial charge on any atom is -0.0771 e. The number of rotatable bonds is 8. The fourth-order valence-electron chi connectivity index (χ4n) is 5.55. The molecule has 1 aliphatic rings. The molecule has 5 aromatic carbocycles. The molecule has 0 amide bonds. The number of fused-ring (bicyclic) bond motifs is 3. The van der Waals surface area contributed by atoms with Crippen LogP contribution in [0.4, 0.5) is 0 Å². The molecular weight excluding hydrogens is 643 g/mol. The Hall–Kier alpha value is -2.44. The van der Waals surface area contributed by atoms with Gasteiger partial charge in [-0.3, -0.25) is 6.08 Å². The molecule has 0 saturated heterocycles. The monoisotopic (exact) mass is 682 g/mol. The van der Waals surface area contributed by atoms with E-state index in [9.17, 15) is 0 Å². The summed E-state index contributed by atoms with van der Waals surface area (Å²) in [7, 11) is 0. The number of hydrogen-bond donors (Lipinski definition) is 0. The summed E-state index contributed by atoms with van der Waals surface area (Å²) in [6.45, 7) is 6.80. The molecule has 0 heterocycles. The van der Waals surface area contributed by atoms with Crippen LogP contribution in [-0.4, -0.2) is 3.21 Å². The Morgan fingerprint density at radius 1 is 0.628 bits per heavy atom. The molecule has 0 fully saturated rings. The van der Waals surface area contributed by atoms with Gasteiger partial charge in [-0.1, -0.05) is 95.2 Å². The molecule has 222 valence electrons. The third-order valence-corrected chi connectivity index (χ3v) is 8.97. The Labute approximate surface area is 286 Å². The molecular formula is C40H42Cl2Zr-2. The van der Waals surface area contributed by atoms with Crippen LogP contribution in [0.1, 0.15) is 70.4 Å². The molecule has 6 rings (SSSR count). The maximum atomic E-state index is 3.53. The van der Waals surface area contributed by atoms with Crippen molar-refractivity contribution in [1.82, 2.24) is 0 Å². The largest absolute Gasteiger partial charge is 0.126 e. The minimum absolute atomic E-state index is 0. The average molecular weight is 685 g/mol. The molecule has 0 nitrogen and oxygen atoms in total. The topological polar surface area (TPSA) is 0 Å². The molecule has 0 saturated carbocycles. The van der Waals surface area contributed by atoms with E-state index in [1.807, 2.05) is 0 Å². The summed E-state index contributed by atoms with van der Waals surface area (Å²) in [5.41, 5.74) is 5.94. The first-order chi connectivity index (χ1) is 20.2. The van der Waals surface area contributed by atoms with Crippen LogP contribution < -0.4 is 24.8 Å². The van der Waals surface area contributed by atoms with Gasteiger partial charge in [0.25, 0.3) is 0 Å². The van der Waals surface area contributed by atoms with Crippen LogP contribution >= 0.6 is 0 Å². The van der Waals surface area contributed by atoms with Gasteiger partial charge in [-0.15, -0.1) is 39.7 Å². The number of allylic oxidation sites excluding steroid dienone is 4. The van der Waals surface area contributed by atoms with E-state index in [1.165, 1.54) is 98.6 Å². The van der Waals surface area contributed by atoms with Crippen LogP contribution in [0.25, 0.3) is 21.5 Å². The van der Waals surface area contributed by atoms with Crippen molar-refractivity contribution < 1.29 is 49.0 Å². The Bertz CT molecular complexity index is 1490. The predicted molar refractivity (Wildman–Crippen MR) is 176 cm³/mol. The van der Waals surface area contributed by atoms with Crippen molar-refractivity contribution in [3.8, 4) is 0 Å². The van der Waals surface area contributed by atoms with Gasteiger partial charge in [-0.05, 0) is 6.42 Å². The van der Waals surface area contributed by atoms with Gasteiger partial charge < -0.3 is 24.8 Å². The van der Waals surface area contributed by atoms with Gasteiger partial charge in [0.15, 0.2) is 0 Å². The summed E-state index contributed by atoms with van der Waals surface area (Å²) in [6, 6.07) is 40.4. The van der Waals surface area contributed by atoms with E-state index in [2.05, 4.69) is 148 Å². The van der Waals surface area contributed by atoms with Crippen LogP contribution in [-0.2, 0) is 24.2 Å². The van der Waals surface area contributed by atoms with Gasteiger partial charge in [0.2, 0.25) is 0 Å². The normalized spacial score (nSPS) is 13.4. The van der Waals surface area contributed by atoms with Crippen LogP contribution in [0.15, 0.2) is 132 Å². The van der Waals surface area contributed by atoms with E-state index < -0.39 is 0 Å². The molecule has 0 aliphatic heterocycles. The van der Waals surface area contributed by atoms with E-state index >= 15 is 0 Å². The molecule has 43 heavy (non-hydrogen) atoms. The SMILES string of the molecule is CCCC1=C(CCC)C(CCC)[C-]=C1.[Cl-].[Cl-].[Zr+2]=[C](c1ccccc1)c1ccccc1.c1ccc2c(c1)[cH-]c1ccccc12. The maximum absolute atomic E-state index is 3.53. The Kier molecular flexibility index (Phi) is 16.9. The second-order valence-electron chi connectivity index (χ2n) is 10.6. The third-order valence-electron chi connectivity index (χ3n) is 7.56. The molecule has 0 spiro atoms. The zero-order valence-electron chi connectivity index (χ0n) is 25.6. The average Bonchev–Trinajstić information content (AvgIpc) is 3.60. The summed E-state index contributed by atoms with van der Waals surface area (Å²) in [5, 5.41) is 5.39. The molecule has 0 bridgehead atoms. The smallest absolute Gasteiger partial charge is 0.0771 e. The first kappa shape index (κ1) is 36.8. The summed E-state index contributed by atoms with van der Waals surface area (Å²) in [4.78, 5) is 0. The molecule has 0 N–H and O–H groups in total. The summed E-state index contributed by atoms with van der Waals surface area (Å²) in [6.07, 6.45) is 13.4. The van der Waals surface area contributed by atoms with Crippen LogP contribution in [0.2, 0.25) is 0 Å². The quantitative estimate of drug-likeness (QED) is 0.198. The molecule has 1 unspecified atom stereocenters. The number of halogens is 2. The Morgan fingerprint density at radius 2 is 1.09 bits per heavy atom. The molecule has 1 aliphatic carbocycles. The van der Waals surface area contributed by atoms with E-state index in [4.69, 9.17) is 0 Å². The van der Waals surface area contributed by atoms with Crippen molar-refractivity contribution in [3.05, 3.63) is 150 Å². The van der Waals surface area contributed by atoms with Crippen molar-refractivity contribution in [2.45, 2.75) is 59.3 Å². The standard InChI is InChI=1S/C14H23.C13H9.C13H10.2ClH.Zr/c1-4-7-12-10-11-13(8-5-2)14(12)9-6-3;1-3-7-12-10(5-1)9-11-6-2-4-8-13(11)12;1-3-7-12(8-4-1)11-13-9-5-2-6-10-13;;;/h10,13H,4-9H2,1-3H3;1-9H;1-10H;2*1H;/q2*-1;;;;+2/p-2. The zero-order valence-corrected chi connectivity index (χ0v) is 29.6. The van der Waals surface area contributed by atoms with Crippen molar-refractivity contribution >= 4 is 24.8 Å². The molecule has 3 heteroatoms.